The Hall–Kier alpha value is -1.19. The Labute approximate surface area is 105 Å². The summed E-state index contributed by atoms with van der Waals surface area (Å²) in [5.41, 5.74) is 16.4. The predicted molar refractivity (Wildman–Crippen MR) is 73.2 cm³/mol. The zero-order chi connectivity index (χ0) is 12.5. The van der Waals surface area contributed by atoms with Crippen LogP contribution in [0, 0.1) is 0 Å². The fourth-order valence-corrected chi connectivity index (χ4v) is 2.29. The summed E-state index contributed by atoms with van der Waals surface area (Å²) in [6.07, 6.45) is 11.4. The normalized spacial score (nSPS) is 15.1. The van der Waals surface area contributed by atoms with Crippen LogP contribution in [0.15, 0.2) is 16.4 Å². The van der Waals surface area contributed by atoms with Crippen LogP contribution in [0.3, 0.4) is 0 Å². The summed E-state index contributed by atoms with van der Waals surface area (Å²) in [5, 5.41) is 3.88. The summed E-state index contributed by atoms with van der Waals surface area (Å²) in [5.74, 6) is 0.103. The number of nitrogens with two attached hydrogens (primary N) is 2. The zero-order valence-corrected chi connectivity index (χ0v) is 11.0. The first kappa shape index (κ1) is 13.9. The number of hydrazone groups is 1. The molecule has 0 fully saturated rings. The van der Waals surface area contributed by atoms with Crippen LogP contribution in [0.5, 0.6) is 0 Å². The second-order valence-corrected chi connectivity index (χ2v) is 4.75. The van der Waals surface area contributed by atoms with Crippen LogP contribution >= 0.6 is 0 Å². The van der Waals surface area contributed by atoms with Gasteiger partial charge in [-0.2, -0.15) is 0 Å². The fraction of sp³-hybridized carbons (Fsp3) is 0.769. The quantitative estimate of drug-likeness (QED) is 0.263. The third-order valence-corrected chi connectivity index (χ3v) is 3.23. The lowest BCUT2D eigenvalue weighted by Gasteiger charge is -2.07. The molecule has 1 rings (SSSR count). The van der Waals surface area contributed by atoms with Gasteiger partial charge in [0, 0.05) is 5.70 Å². The van der Waals surface area contributed by atoms with Crippen molar-refractivity contribution in [2.75, 3.05) is 0 Å². The Kier molecular flexibility index (Phi) is 6.51. The summed E-state index contributed by atoms with van der Waals surface area (Å²) in [6.45, 7) is 2.25. The highest BCUT2D eigenvalue weighted by molar-refractivity contribution is 5.75. The lowest BCUT2D eigenvalue weighted by atomic mass is 10.0. The van der Waals surface area contributed by atoms with Crippen LogP contribution in [-0.4, -0.2) is 5.96 Å². The van der Waals surface area contributed by atoms with Crippen molar-refractivity contribution in [1.29, 1.82) is 0 Å². The molecule has 0 radical (unpaired) electrons. The third kappa shape index (κ3) is 5.61. The predicted octanol–water partition coefficient (Wildman–Crippen LogP) is 2.56. The van der Waals surface area contributed by atoms with Gasteiger partial charge in [-0.05, 0) is 37.7 Å². The third-order valence-electron chi connectivity index (χ3n) is 3.23. The summed E-state index contributed by atoms with van der Waals surface area (Å²) in [4.78, 5) is 0. The molecular formula is C13H26N4. The van der Waals surface area contributed by atoms with Crippen LogP contribution in [0.1, 0.15) is 64.7 Å². The van der Waals surface area contributed by atoms with Gasteiger partial charge in [-0.15, -0.1) is 5.10 Å². The molecule has 4 heteroatoms. The van der Waals surface area contributed by atoms with Gasteiger partial charge in [0.15, 0.2) is 0 Å². The largest absolute Gasteiger partial charge is 0.369 e. The van der Waals surface area contributed by atoms with E-state index in [9.17, 15) is 0 Å². The first-order chi connectivity index (χ1) is 8.24. The second kappa shape index (κ2) is 7.98. The molecule has 0 aromatic carbocycles. The van der Waals surface area contributed by atoms with Gasteiger partial charge in [-0.25, -0.2) is 0 Å². The molecule has 5 N–H and O–H groups in total. The van der Waals surface area contributed by atoms with Crippen LogP contribution in [-0.2, 0) is 0 Å². The minimum absolute atomic E-state index is 0.103. The van der Waals surface area contributed by atoms with Gasteiger partial charge in [0.1, 0.15) is 0 Å². The van der Waals surface area contributed by atoms with E-state index in [0.29, 0.717) is 0 Å². The molecular weight excluding hydrogens is 212 g/mol. The number of rotatable bonds is 8. The molecule has 0 aromatic heterocycles. The molecule has 0 spiro atoms. The van der Waals surface area contributed by atoms with Crippen molar-refractivity contribution in [3.05, 3.63) is 11.3 Å². The van der Waals surface area contributed by atoms with Crippen LogP contribution in [0.4, 0.5) is 0 Å². The number of nitrogens with zero attached hydrogens (tertiary/aromatic N) is 1. The highest BCUT2D eigenvalue weighted by atomic mass is 15.3. The molecule has 0 saturated heterocycles. The molecule has 0 heterocycles. The molecule has 0 aliphatic heterocycles. The topological polar surface area (TPSA) is 76.4 Å². The zero-order valence-electron chi connectivity index (χ0n) is 11.0. The molecule has 0 atom stereocenters. The SMILES string of the molecule is CCCCCCCC1=C(NN=C(N)N)CCC1. The standard InChI is InChI=1S/C13H26N4/c1-2-3-4-5-6-8-11-9-7-10-12(11)16-17-13(14)15/h16H,2-10H2,1H3,(H4,14,15,17). The number of hydrogen-bond donors (Lipinski definition) is 3. The van der Waals surface area contributed by atoms with Crippen LogP contribution in [0.2, 0.25) is 0 Å². The number of allylic oxidation sites excluding steroid dienone is 2. The van der Waals surface area contributed by atoms with Gasteiger partial charge in [0.05, 0.1) is 0 Å². The first-order valence-corrected chi connectivity index (χ1v) is 6.79. The van der Waals surface area contributed by atoms with Gasteiger partial charge >= 0.3 is 0 Å². The fourth-order valence-electron chi connectivity index (χ4n) is 2.29. The van der Waals surface area contributed by atoms with E-state index in [0.717, 1.165) is 6.42 Å². The van der Waals surface area contributed by atoms with Gasteiger partial charge in [0.2, 0.25) is 5.96 Å². The van der Waals surface area contributed by atoms with Crippen molar-refractivity contribution < 1.29 is 0 Å². The Bertz CT molecular complexity index is 277. The van der Waals surface area contributed by atoms with E-state index in [4.69, 9.17) is 11.5 Å². The van der Waals surface area contributed by atoms with E-state index in [2.05, 4.69) is 17.5 Å². The Balaban J connectivity index is 2.28. The summed E-state index contributed by atoms with van der Waals surface area (Å²) >= 11 is 0. The molecule has 17 heavy (non-hydrogen) atoms. The first-order valence-electron chi connectivity index (χ1n) is 6.79. The van der Waals surface area contributed by atoms with Crippen molar-refractivity contribution in [3.8, 4) is 0 Å². The number of nitrogens with one attached hydrogen (secondary N) is 1. The highest BCUT2D eigenvalue weighted by Crippen LogP contribution is 2.28. The number of unbranched alkanes of at least 4 members (excludes halogenated alkanes) is 4. The second-order valence-electron chi connectivity index (χ2n) is 4.75. The summed E-state index contributed by atoms with van der Waals surface area (Å²) < 4.78 is 0. The Morgan fingerprint density at radius 2 is 1.94 bits per heavy atom. The van der Waals surface area contributed by atoms with Gasteiger partial charge in [0.25, 0.3) is 0 Å². The average molecular weight is 238 g/mol. The average Bonchev–Trinajstić information content (AvgIpc) is 2.73. The molecule has 0 amide bonds. The van der Waals surface area contributed by atoms with Crippen LogP contribution < -0.4 is 16.9 Å². The van der Waals surface area contributed by atoms with E-state index in [-0.39, 0.29) is 5.96 Å². The highest BCUT2D eigenvalue weighted by Gasteiger charge is 2.13. The molecule has 4 nitrogen and oxygen atoms in total. The smallest absolute Gasteiger partial charge is 0.208 e. The maximum absolute atomic E-state index is 5.31. The van der Waals surface area contributed by atoms with Crippen LogP contribution in [0.25, 0.3) is 0 Å². The number of hydrogen-bond acceptors (Lipinski definition) is 2. The van der Waals surface area contributed by atoms with Gasteiger partial charge in [-0.3, -0.25) is 5.43 Å². The Morgan fingerprint density at radius 1 is 1.18 bits per heavy atom. The number of guanidine groups is 1. The van der Waals surface area contributed by atoms with Crippen molar-refractivity contribution in [1.82, 2.24) is 5.43 Å². The molecule has 1 aliphatic carbocycles. The maximum atomic E-state index is 5.31. The lowest BCUT2D eigenvalue weighted by molar-refractivity contribution is 0.624. The molecule has 0 unspecified atom stereocenters. The summed E-state index contributed by atoms with van der Waals surface area (Å²) in [7, 11) is 0. The molecule has 98 valence electrons. The minimum atomic E-state index is 0.103. The van der Waals surface area contributed by atoms with E-state index >= 15 is 0 Å². The Morgan fingerprint density at radius 3 is 2.65 bits per heavy atom. The van der Waals surface area contributed by atoms with Crippen molar-refractivity contribution >= 4 is 5.96 Å². The molecule has 0 aromatic rings. The molecule has 0 saturated carbocycles. The van der Waals surface area contributed by atoms with Crippen molar-refractivity contribution in [3.63, 3.8) is 0 Å². The summed E-state index contributed by atoms with van der Waals surface area (Å²) in [6, 6.07) is 0. The van der Waals surface area contributed by atoms with E-state index in [1.807, 2.05) is 0 Å². The van der Waals surface area contributed by atoms with Gasteiger partial charge in [-0.1, -0.05) is 32.6 Å². The van der Waals surface area contributed by atoms with E-state index in [1.165, 1.54) is 62.6 Å². The van der Waals surface area contributed by atoms with Crippen molar-refractivity contribution in [2.45, 2.75) is 64.7 Å². The lowest BCUT2D eigenvalue weighted by Crippen LogP contribution is -2.26. The minimum Gasteiger partial charge on any atom is -0.369 e. The van der Waals surface area contributed by atoms with Gasteiger partial charge < -0.3 is 11.5 Å². The van der Waals surface area contributed by atoms with E-state index < -0.39 is 0 Å². The maximum Gasteiger partial charge on any atom is 0.208 e. The molecule has 0 bridgehead atoms. The van der Waals surface area contributed by atoms with E-state index in [1.54, 1.807) is 0 Å². The molecule has 1 aliphatic rings. The van der Waals surface area contributed by atoms with Crippen molar-refractivity contribution in [2.24, 2.45) is 16.6 Å². The monoisotopic (exact) mass is 238 g/mol.